The van der Waals surface area contributed by atoms with Gasteiger partial charge >= 0.3 is 5.69 Å². The summed E-state index contributed by atoms with van der Waals surface area (Å²) in [6, 6.07) is 17.6. The van der Waals surface area contributed by atoms with Crippen molar-refractivity contribution in [2.75, 3.05) is 0 Å². The molecule has 2 heterocycles. The number of hydrogen-bond acceptors (Lipinski definition) is 5. The van der Waals surface area contributed by atoms with E-state index in [1.165, 1.54) is 4.68 Å². The number of nitrogens with zero attached hydrogens (tertiary/aromatic N) is 3. The first-order chi connectivity index (χ1) is 13.6. The number of hydrogen-bond donors (Lipinski definition) is 0. The Balaban J connectivity index is 1.61. The van der Waals surface area contributed by atoms with Gasteiger partial charge in [-0.1, -0.05) is 48.5 Å². The molecule has 142 valence electrons. The molecule has 4 aromatic rings. The maximum absolute atomic E-state index is 12.8. The lowest BCUT2D eigenvalue weighted by molar-refractivity contribution is 0.0569. The van der Waals surface area contributed by atoms with Crippen LogP contribution in [0.2, 0.25) is 0 Å². The summed E-state index contributed by atoms with van der Waals surface area (Å²) in [7, 11) is 0. The van der Waals surface area contributed by atoms with E-state index in [1.807, 2.05) is 60.0 Å². The molecule has 0 radical (unpaired) electrons. The molecule has 0 aliphatic rings. The van der Waals surface area contributed by atoms with Crippen LogP contribution in [0.15, 0.2) is 74.2 Å². The zero-order valence-electron chi connectivity index (χ0n) is 14.7. The van der Waals surface area contributed by atoms with Gasteiger partial charge in [0, 0.05) is 4.70 Å². The topological polar surface area (TPSA) is 66.1 Å². The monoisotopic (exact) mass is 457 g/mol. The molecule has 8 heteroatoms. The van der Waals surface area contributed by atoms with Crippen LogP contribution in [-0.2, 0) is 24.6 Å². The molecule has 0 saturated heterocycles. The van der Waals surface area contributed by atoms with Gasteiger partial charge in [0.15, 0.2) is 4.60 Å². The summed E-state index contributed by atoms with van der Waals surface area (Å²) < 4.78 is 9.10. The third-order valence-electron chi connectivity index (χ3n) is 4.29. The zero-order valence-corrected chi connectivity index (χ0v) is 17.1. The molecule has 6 nitrogen and oxygen atoms in total. The van der Waals surface area contributed by atoms with Crippen molar-refractivity contribution in [3.05, 3.63) is 96.5 Å². The molecule has 2 aromatic heterocycles. The molecule has 0 amide bonds. The minimum absolute atomic E-state index is 0.0776. The Morgan fingerprint density at radius 1 is 1.04 bits per heavy atom. The van der Waals surface area contributed by atoms with Crippen molar-refractivity contribution >= 4 is 37.4 Å². The summed E-state index contributed by atoms with van der Waals surface area (Å²) in [5.41, 5.74) is 0.927. The Kier molecular flexibility index (Phi) is 5.52. The maximum Gasteiger partial charge on any atom is 0.349 e. The highest BCUT2D eigenvalue weighted by molar-refractivity contribution is 9.10. The Bertz CT molecular complexity index is 1230. The third-order valence-corrected chi connectivity index (χ3v) is 5.80. The molecule has 2 aromatic carbocycles. The number of halogens is 1. The molecule has 0 saturated carbocycles. The SMILES string of the molecule is O=c1c(Br)nn(Cc2cccc3ccsc23)c(=O)n1COCc1ccccc1. The largest absolute Gasteiger partial charge is 0.356 e. The zero-order chi connectivity index (χ0) is 19.5. The second-order valence-electron chi connectivity index (χ2n) is 6.18. The Hall–Kier alpha value is -2.55. The van der Waals surface area contributed by atoms with Crippen molar-refractivity contribution in [3.63, 3.8) is 0 Å². The first kappa shape index (κ1) is 18.8. The van der Waals surface area contributed by atoms with Gasteiger partial charge < -0.3 is 4.74 Å². The summed E-state index contributed by atoms with van der Waals surface area (Å²) >= 11 is 4.78. The van der Waals surface area contributed by atoms with Crippen LogP contribution in [0.4, 0.5) is 0 Å². The Labute approximate surface area is 172 Å². The second kappa shape index (κ2) is 8.22. The lowest BCUT2D eigenvalue weighted by Crippen LogP contribution is -2.42. The summed E-state index contributed by atoms with van der Waals surface area (Å²) in [5, 5.41) is 7.25. The fourth-order valence-electron chi connectivity index (χ4n) is 2.92. The van der Waals surface area contributed by atoms with Crippen LogP contribution in [0.3, 0.4) is 0 Å². The molecule has 0 aliphatic carbocycles. The average molecular weight is 458 g/mol. The molecule has 0 fully saturated rings. The summed E-state index contributed by atoms with van der Waals surface area (Å²) in [6.07, 6.45) is 0. The molecule has 28 heavy (non-hydrogen) atoms. The van der Waals surface area contributed by atoms with Gasteiger partial charge in [0.25, 0.3) is 5.56 Å². The van der Waals surface area contributed by atoms with Crippen LogP contribution in [0, 0.1) is 0 Å². The van der Waals surface area contributed by atoms with Crippen LogP contribution >= 0.6 is 27.3 Å². The van der Waals surface area contributed by atoms with Crippen molar-refractivity contribution < 1.29 is 4.74 Å². The smallest absolute Gasteiger partial charge is 0.349 e. The third kappa shape index (κ3) is 3.84. The van der Waals surface area contributed by atoms with E-state index >= 15 is 0 Å². The fraction of sp³-hybridized carbons (Fsp3) is 0.150. The first-order valence-electron chi connectivity index (χ1n) is 8.58. The minimum Gasteiger partial charge on any atom is -0.356 e. The molecule has 0 N–H and O–H groups in total. The van der Waals surface area contributed by atoms with Crippen LogP contribution in [0.1, 0.15) is 11.1 Å². The predicted octanol–water partition coefficient (Wildman–Crippen LogP) is 3.60. The number of thiophene rings is 1. The lowest BCUT2D eigenvalue weighted by Gasteiger charge is -2.11. The van der Waals surface area contributed by atoms with E-state index in [0.717, 1.165) is 25.8 Å². The predicted molar refractivity (Wildman–Crippen MR) is 113 cm³/mol. The Morgan fingerprint density at radius 3 is 2.68 bits per heavy atom. The number of aromatic nitrogens is 3. The van der Waals surface area contributed by atoms with E-state index in [9.17, 15) is 9.59 Å². The molecule has 0 bridgehead atoms. The van der Waals surface area contributed by atoms with Gasteiger partial charge in [0.1, 0.15) is 6.73 Å². The quantitative estimate of drug-likeness (QED) is 0.443. The molecule has 0 spiro atoms. The molecule has 0 unspecified atom stereocenters. The van der Waals surface area contributed by atoms with Crippen molar-refractivity contribution in [1.82, 2.24) is 14.3 Å². The van der Waals surface area contributed by atoms with Gasteiger partial charge in [-0.3, -0.25) is 4.79 Å². The van der Waals surface area contributed by atoms with Gasteiger partial charge in [0.05, 0.1) is 13.2 Å². The van der Waals surface area contributed by atoms with E-state index in [2.05, 4.69) is 21.0 Å². The molecule has 0 atom stereocenters. The summed E-state index contributed by atoms with van der Waals surface area (Å²) in [4.78, 5) is 25.2. The number of fused-ring (bicyclic) bond motifs is 1. The summed E-state index contributed by atoms with van der Waals surface area (Å²) in [6.45, 7) is 0.437. The first-order valence-corrected chi connectivity index (χ1v) is 10.2. The van der Waals surface area contributed by atoms with E-state index in [-0.39, 0.29) is 17.9 Å². The van der Waals surface area contributed by atoms with Crippen molar-refractivity contribution in [3.8, 4) is 0 Å². The fourth-order valence-corrected chi connectivity index (χ4v) is 4.23. The highest BCUT2D eigenvalue weighted by atomic mass is 79.9. The van der Waals surface area contributed by atoms with E-state index < -0.39 is 11.2 Å². The van der Waals surface area contributed by atoms with Crippen LogP contribution in [0.25, 0.3) is 10.1 Å². The van der Waals surface area contributed by atoms with Crippen molar-refractivity contribution in [2.24, 2.45) is 0 Å². The molecular formula is C20H16BrN3O3S. The van der Waals surface area contributed by atoms with Crippen LogP contribution in [-0.4, -0.2) is 14.3 Å². The number of ether oxygens (including phenoxy) is 1. The molecule has 0 aliphatic heterocycles. The standard InChI is InChI=1S/C20H16BrN3O3S/c21-18-19(25)23(13-27-12-14-5-2-1-3-6-14)20(26)24(22-18)11-16-8-4-7-15-9-10-28-17(15)16/h1-10H,11-13H2. The van der Waals surface area contributed by atoms with E-state index in [0.29, 0.717) is 6.61 Å². The van der Waals surface area contributed by atoms with E-state index in [4.69, 9.17) is 4.74 Å². The summed E-state index contributed by atoms with van der Waals surface area (Å²) in [5.74, 6) is 0. The van der Waals surface area contributed by atoms with Gasteiger partial charge in [-0.05, 0) is 43.9 Å². The second-order valence-corrected chi connectivity index (χ2v) is 7.85. The molecular weight excluding hydrogens is 442 g/mol. The highest BCUT2D eigenvalue weighted by Gasteiger charge is 2.13. The van der Waals surface area contributed by atoms with Gasteiger partial charge in [-0.25, -0.2) is 14.0 Å². The number of rotatable bonds is 6. The van der Waals surface area contributed by atoms with Crippen LogP contribution < -0.4 is 11.2 Å². The molecule has 4 rings (SSSR count). The van der Waals surface area contributed by atoms with Crippen molar-refractivity contribution in [1.29, 1.82) is 0 Å². The maximum atomic E-state index is 12.8. The minimum atomic E-state index is -0.511. The average Bonchev–Trinajstić information content (AvgIpc) is 3.19. The lowest BCUT2D eigenvalue weighted by atomic mass is 10.2. The van der Waals surface area contributed by atoms with Gasteiger partial charge in [0.2, 0.25) is 0 Å². The Morgan fingerprint density at radius 2 is 1.86 bits per heavy atom. The number of benzene rings is 2. The van der Waals surface area contributed by atoms with Crippen molar-refractivity contribution in [2.45, 2.75) is 19.9 Å². The van der Waals surface area contributed by atoms with Crippen LogP contribution in [0.5, 0.6) is 0 Å². The highest BCUT2D eigenvalue weighted by Crippen LogP contribution is 2.24. The van der Waals surface area contributed by atoms with E-state index in [1.54, 1.807) is 11.3 Å². The van der Waals surface area contributed by atoms with Gasteiger partial charge in [-0.2, -0.15) is 5.10 Å². The normalized spacial score (nSPS) is 11.2. The van der Waals surface area contributed by atoms with Gasteiger partial charge in [-0.15, -0.1) is 11.3 Å².